The van der Waals surface area contributed by atoms with Crippen molar-refractivity contribution in [3.63, 3.8) is 0 Å². The highest BCUT2D eigenvalue weighted by atomic mass is 32.2. The summed E-state index contributed by atoms with van der Waals surface area (Å²) in [6, 6.07) is 10.9. The molecule has 26 heavy (non-hydrogen) atoms. The van der Waals surface area contributed by atoms with Gasteiger partial charge in [0.25, 0.3) is 5.69 Å². The average molecular weight is 376 g/mol. The summed E-state index contributed by atoms with van der Waals surface area (Å²) >= 11 is 0. The van der Waals surface area contributed by atoms with Crippen molar-refractivity contribution >= 4 is 15.7 Å². The van der Waals surface area contributed by atoms with Crippen LogP contribution in [0.25, 0.3) is 0 Å². The molecule has 1 aliphatic rings. The molecule has 2 aromatic carbocycles. The van der Waals surface area contributed by atoms with Crippen LogP contribution < -0.4 is 9.46 Å². The normalized spacial score (nSPS) is 15.5. The molecule has 0 heterocycles. The number of hydrogen-bond donors (Lipinski definition) is 1. The first kappa shape index (κ1) is 18.3. The Balaban J connectivity index is 1.98. The van der Waals surface area contributed by atoms with Crippen molar-refractivity contribution in [2.75, 3.05) is 7.11 Å². The van der Waals surface area contributed by atoms with Crippen molar-refractivity contribution in [3.05, 3.63) is 63.7 Å². The van der Waals surface area contributed by atoms with E-state index in [1.165, 1.54) is 19.2 Å². The van der Waals surface area contributed by atoms with E-state index in [2.05, 4.69) is 4.72 Å². The van der Waals surface area contributed by atoms with Gasteiger partial charge in [0, 0.05) is 18.2 Å². The van der Waals surface area contributed by atoms with Gasteiger partial charge in [0.15, 0.2) is 0 Å². The molecule has 3 rings (SSSR count). The Hall–Kier alpha value is -2.45. The summed E-state index contributed by atoms with van der Waals surface area (Å²) in [6.07, 6.45) is 1.88. The summed E-state index contributed by atoms with van der Waals surface area (Å²) in [6.45, 7) is 1.97. The van der Waals surface area contributed by atoms with Crippen molar-refractivity contribution in [2.45, 2.75) is 30.7 Å². The minimum Gasteiger partial charge on any atom is -0.495 e. The van der Waals surface area contributed by atoms with Crippen LogP contribution >= 0.6 is 0 Å². The van der Waals surface area contributed by atoms with Crippen molar-refractivity contribution in [3.8, 4) is 5.75 Å². The lowest BCUT2D eigenvalue weighted by Gasteiger charge is -2.20. The van der Waals surface area contributed by atoms with Crippen LogP contribution in [-0.2, 0) is 10.0 Å². The number of nitro groups is 1. The summed E-state index contributed by atoms with van der Waals surface area (Å²) < 4.78 is 33.7. The van der Waals surface area contributed by atoms with Gasteiger partial charge < -0.3 is 4.74 Å². The predicted molar refractivity (Wildman–Crippen MR) is 96.6 cm³/mol. The number of ether oxygens (including phenoxy) is 1. The van der Waals surface area contributed by atoms with Crippen LogP contribution in [0, 0.1) is 23.0 Å². The van der Waals surface area contributed by atoms with E-state index in [0.717, 1.165) is 30.0 Å². The number of aryl methyl sites for hydroxylation is 1. The maximum Gasteiger partial charge on any atom is 0.271 e. The number of nitrogens with zero attached hydrogens (tertiary/aromatic N) is 1. The third-order valence-electron chi connectivity index (χ3n) is 4.46. The zero-order valence-corrected chi connectivity index (χ0v) is 15.3. The summed E-state index contributed by atoms with van der Waals surface area (Å²) in [5, 5.41) is 11.0. The standard InChI is InChI=1S/C18H20N2O5S/c1-12-3-5-13(6-4-12)18(14-7-8-14)19-26(23,24)17-11-15(20(21)22)9-10-16(17)25-2/h3-6,9-11,14,18-19H,7-8H2,1-2H3. The third kappa shape index (κ3) is 3.86. The zero-order valence-electron chi connectivity index (χ0n) is 14.5. The average Bonchev–Trinajstić information content (AvgIpc) is 3.45. The number of sulfonamides is 1. The fourth-order valence-electron chi connectivity index (χ4n) is 2.86. The van der Waals surface area contributed by atoms with Gasteiger partial charge in [-0.3, -0.25) is 10.1 Å². The van der Waals surface area contributed by atoms with Gasteiger partial charge in [-0.25, -0.2) is 13.1 Å². The van der Waals surface area contributed by atoms with Gasteiger partial charge in [0.05, 0.1) is 12.0 Å². The largest absolute Gasteiger partial charge is 0.495 e. The Bertz CT molecular complexity index is 921. The third-order valence-corrected chi connectivity index (χ3v) is 5.92. The molecule has 1 N–H and O–H groups in total. The van der Waals surface area contributed by atoms with Crippen LogP contribution in [0.4, 0.5) is 5.69 Å². The van der Waals surface area contributed by atoms with Crippen LogP contribution in [0.3, 0.4) is 0 Å². The van der Waals surface area contributed by atoms with Crippen LogP contribution in [0.2, 0.25) is 0 Å². The number of hydrogen-bond acceptors (Lipinski definition) is 5. The molecule has 2 aromatic rings. The SMILES string of the molecule is COc1ccc([N+](=O)[O-])cc1S(=O)(=O)NC(c1ccc(C)cc1)C1CC1. The van der Waals surface area contributed by atoms with Crippen molar-refractivity contribution < 1.29 is 18.1 Å². The monoisotopic (exact) mass is 376 g/mol. The highest BCUT2D eigenvalue weighted by molar-refractivity contribution is 7.89. The minimum absolute atomic E-state index is 0.0709. The van der Waals surface area contributed by atoms with E-state index in [4.69, 9.17) is 4.74 Å². The molecule has 1 aliphatic carbocycles. The van der Waals surface area contributed by atoms with Crippen molar-refractivity contribution in [2.24, 2.45) is 5.92 Å². The summed E-state index contributed by atoms with van der Waals surface area (Å²) in [5.74, 6) is 0.290. The Labute approximate surface area is 152 Å². The molecular weight excluding hydrogens is 356 g/mol. The lowest BCUT2D eigenvalue weighted by Crippen LogP contribution is -2.30. The lowest BCUT2D eigenvalue weighted by molar-refractivity contribution is -0.385. The zero-order chi connectivity index (χ0) is 18.9. The summed E-state index contributed by atoms with van der Waals surface area (Å²) in [5.41, 5.74) is 1.67. The Morgan fingerprint density at radius 1 is 1.19 bits per heavy atom. The molecule has 1 unspecified atom stereocenters. The van der Waals surface area contributed by atoms with Gasteiger partial charge in [0.2, 0.25) is 10.0 Å². The summed E-state index contributed by atoms with van der Waals surface area (Å²) in [4.78, 5) is 10.2. The fraction of sp³-hybridized carbons (Fsp3) is 0.333. The van der Waals surface area contributed by atoms with Gasteiger partial charge in [-0.2, -0.15) is 0 Å². The van der Waals surface area contributed by atoms with Gasteiger partial charge >= 0.3 is 0 Å². The second kappa shape index (κ2) is 7.05. The van der Waals surface area contributed by atoms with E-state index >= 15 is 0 Å². The fourth-order valence-corrected chi connectivity index (χ4v) is 4.34. The molecule has 138 valence electrons. The summed E-state index contributed by atoms with van der Waals surface area (Å²) in [7, 11) is -2.67. The Kier molecular flexibility index (Phi) is 4.97. The van der Waals surface area contributed by atoms with Gasteiger partial charge in [-0.05, 0) is 37.3 Å². The highest BCUT2D eigenvalue weighted by Crippen LogP contribution is 2.42. The Morgan fingerprint density at radius 2 is 1.85 bits per heavy atom. The van der Waals surface area contributed by atoms with Crippen LogP contribution in [0.15, 0.2) is 47.4 Å². The number of nitrogens with one attached hydrogen (secondary N) is 1. The van der Waals surface area contributed by atoms with E-state index in [9.17, 15) is 18.5 Å². The van der Waals surface area contributed by atoms with Crippen LogP contribution in [0.5, 0.6) is 5.75 Å². The first-order chi connectivity index (χ1) is 12.3. The van der Waals surface area contributed by atoms with Gasteiger partial charge in [0.1, 0.15) is 10.6 Å². The number of non-ortho nitro benzene ring substituents is 1. The number of benzene rings is 2. The maximum atomic E-state index is 13.0. The molecule has 1 fully saturated rings. The number of methoxy groups -OCH3 is 1. The lowest BCUT2D eigenvalue weighted by atomic mass is 10.0. The van der Waals surface area contributed by atoms with Gasteiger partial charge in [-0.15, -0.1) is 0 Å². The Morgan fingerprint density at radius 3 is 2.38 bits per heavy atom. The van der Waals surface area contributed by atoms with E-state index in [1.54, 1.807) is 0 Å². The van der Waals surface area contributed by atoms with E-state index in [1.807, 2.05) is 31.2 Å². The van der Waals surface area contributed by atoms with E-state index in [0.29, 0.717) is 0 Å². The predicted octanol–water partition coefficient (Wildman–Crippen LogP) is 3.34. The molecule has 0 amide bonds. The second-order valence-corrected chi connectivity index (χ2v) is 8.12. The molecule has 1 saturated carbocycles. The van der Waals surface area contributed by atoms with Crippen molar-refractivity contribution in [1.29, 1.82) is 0 Å². The molecule has 7 nitrogen and oxygen atoms in total. The van der Waals surface area contributed by atoms with E-state index < -0.39 is 14.9 Å². The number of nitro benzene ring substituents is 1. The molecule has 0 radical (unpaired) electrons. The van der Waals surface area contributed by atoms with Crippen LogP contribution in [0.1, 0.15) is 30.0 Å². The first-order valence-corrected chi connectivity index (χ1v) is 9.71. The van der Waals surface area contributed by atoms with Crippen molar-refractivity contribution in [1.82, 2.24) is 4.72 Å². The van der Waals surface area contributed by atoms with E-state index in [-0.39, 0.29) is 28.3 Å². The smallest absolute Gasteiger partial charge is 0.271 e. The first-order valence-electron chi connectivity index (χ1n) is 8.23. The molecule has 0 saturated heterocycles. The minimum atomic E-state index is -4.00. The molecule has 0 bridgehead atoms. The molecular formula is C18H20N2O5S. The molecule has 1 atom stereocenters. The molecule has 8 heteroatoms. The second-order valence-electron chi connectivity index (χ2n) is 6.44. The number of rotatable bonds is 7. The maximum absolute atomic E-state index is 13.0. The molecule has 0 spiro atoms. The van der Waals surface area contributed by atoms with Gasteiger partial charge in [-0.1, -0.05) is 29.8 Å². The highest BCUT2D eigenvalue weighted by Gasteiger charge is 2.36. The molecule has 0 aliphatic heterocycles. The molecule has 0 aromatic heterocycles. The topological polar surface area (TPSA) is 98.5 Å². The quantitative estimate of drug-likeness (QED) is 0.590. The van der Waals surface area contributed by atoms with Crippen LogP contribution in [-0.4, -0.2) is 20.5 Å².